The van der Waals surface area contributed by atoms with Crippen LogP contribution in [0.1, 0.15) is 56.3 Å². The largest absolute Gasteiger partial charge is 0.481 e. The first kappa shape index (κ1) is 40.7. The van der Waals surface area contributed by atoms with Crippen molar-refractivity contribution in [2.75, 3.05) is 40.5 Å². The first-order valence-electron chi connectivity index (χ1n) is 16.3. The van der Waals surface area contributed by atoms with Crippen molar-refractivity contribution in [2.24, 2.45) is 5.73 Å². The van der Waals surface area contributed by atoms with Crippen molar-refractivity contribution < 1.29 is 56.1 Å². The molecule has 0 saturated heterocycles. The van der Waals surface area contributed by atoms with Gasteiger partial charge in [0.15, 0.2) is 19.8 Å². The van der Waals surface area contributed by atoms with Gasteiger partial charge in [0.05, 0.1) is 29.2 Å². The Hall–Kier alpha value is -5.08. The molecule has 5 N–H and O–H groups in total. The van der Waals surface area contributed by atoms with Gasteiger partial charge >= 0.3 is 16.2 Å². The van der Waals surface area contributed by atoms with Gasteiger partial charge in [0, 0.05) is 36.1 Å². The van der Waals surface area contributed by atoms with Crippen LogP contribution in [0.3, 0.4) is 0 Å². The number of rotatable bonds is 7. The topological polar surface area (TPSA) is 234 Å². The van der Waals surface area contributed by atoms with Crippen molar-refractivity contribution in [3.05, 3.63) is 58.9 Å². The van der Waals surface area contributed by atoms with Crippen molar-refractivity contribution in [3.8, 4) is 18.1 Å². The number of fused-ring (bicyclic) bond motifs is 2. The first-order chi connectivity index (χ1) is 24.8. The Morgan fingerprint density at radius 2 is 1.68 bits per heavy atom. The summed E-state index contributed by atoms with van der Waals surface area (Å²) in [5, 5.41) is 8.28. The molecular formula is C34H39FN5O11PS. The summed E-state index contributed by atoms with van der Waals surface area (Å²) in [6.07, 6.45) is 8.01. The lowest BCUT2D eigenvalue weighted by Crippen LogP contribution is -2.48. The van der Waals surface area contributed by atoms with Gasteiger partial charge in [-0.3, -0.25) is 38.2 Å². The lowest BCUT2D eigenvalue weighted by molar-refractivity contribution is -0.138. The highest BCUT2D eigenvalue weighted by Gasteiger charge is 2.42. The molecule has 0 spiro atoms. The smallest absolute Gasteiger partial charge is 0.326 e. The van der Waals surface area contributed by atoms with Crippen LogP contribution >= 0.6 is 7.37 Å². The van der Waals surface area contributed by atoms with Crippen molar-refractivity contribution in [1.82, 2.24) is 4.31 Å². The Balaban J connectivity index is 0.000000198. The van der Waals surface area contributed by atoms with E-state index in [0.29, 0.717) is 35.2 Å². The van der Waals surface area contributed by atoms with Gasteiger partial charge in [0.25, 0.3) is 23.6 Å². The maximum atomic E-state index is 14.7. The highest BCUT2D eigenvalue weighted by atomic mass is 32.2. The Morgan fingerprint density at radius 3 is 2.23 bits per heavy atom. The third kappa shape index (κ3) is 9.11. The minimum Gasteiger partial charge on any atom is -0.481 e. The molecule has 4 amide bonds. The molecule has 2 aromatic carbocycles. The lowest BCUT2D eigenvalue weighted by Gasteiger charge is -2.31. The molecule has 0 fully saturated rings. The molecule has 2 unspecified atom stereocenters. The Kier molecular flexibility index (Phi) is 12.5. The van der Waals surface area contributed by atoms with E-state index in [2.05, 4.69) is 10.6 Å². The summed E-state index contributed by atoms with van der Waals surface area (Å²) < 4.78 is 57.4. The van der Waals surface area contributed by atoms with E-state index < -0.39 is 59.2 Å². The van der Waals surface area contributed by atoms with Crippen LogP contribution in [0.15, 0.2) is 47.5 Å². The fourth-order valence-electron chi connectivity index (χ4n) is 5.79. The van der Waals surface area contributed by atoms with Crippen LogP contribution in [0, 0.1) is 18.2 Å². The van der Waals surface area contributed by atoms with E-state index in [1.807, 2.05) is 0 Å². The summed E-state index contributed by atoms with van der Waals surface area (Å²) in [6.45, 7) is 4.24. The second-order valence-corrected chi connectivity index (χ2v) is 16.8. The van der Waals surface area contributed by atoms with Gasteiger partial charge in [0.1, 0.15) is 11.8 Å². The summed E-state index contributed by atoms with van der Waals surface area (Å²) in [7, 11) is -6.85. The van der Waals surface area contributed by atoms with Gasteiger partial charge in [0.2, 0.25) is 0 Å². The summed E-state index contributed by atoms with van der Waals surface area (Å²) >= 11 is 0. The van der Waals surface area contributed by atoms with Crippen molar-refractivity contribution in [2.45, 2.75) is 58.0 Å². The number of carboxylic acid groups (broad SMARTS) is 1. The number of ether oxygens (including phenoxy) is 1. The summed E-state index contributed by atoms with van der Waals surface area (Å²) in [4.78, 5) is 70.4. The van der Waals surface area contributed by atoms with Gasteiger partial charge < -0.3 is 20.5 Å². The number of carbonyl (C=O) groups is 5. The minimum atomic E-state index is -3.75. The number of terminal acetylenes is 1. The Morgan fingerprint density at radius 1 is 1.08 bits per heavy atom. The molecule has 0 bridgehead atoms. The van der Waals surface area contributed by atoms with Gasteiger partial charge in [-0.05, 0) is 64.2 Å². The third-order valence-corrected chi connectivity index (χ3v) is 11.0. The van der Waals surface area contributed by atoms with Crippen LogP contribution < -0.4 is 25.0 Å². The number of nitrogens with one attached hydrogen (secondary N) is 1. The van der Waals surface area contributed by atoms with E-state index in [-0.39, 0.29) is 48.8 Å². The molecule has 2 aromatic rings. The number of aliphatic carboxylic acids is 1. The molecule has 16 nitrogen and oxygen atoms in total. The number of halogens is 1. The zero-order valence-corrected chi connectivity index (χ0v) is 30.8. The summed E-state index contributed by atoms with van der Waals surface area (Å²) in [6, 6.07) is 7.49. The third-order valence-electron chi connectivity index (χ3n) is 8.35. The molecule has 2 atom stereocenters. The molecule has 0 radical (unpaired) electrons. The van der Waals surface area contributed by atoms with E-state index >= 15 is 0 Å². The molecule has 19 heteroatoms. The van der Waals surface area contributed by atoms with Crippen LogP contribution in [-0.2, 0) is 34.0 Å². The molecule has 0 saturated carbocycles. The highest BCUT2D eigenvalue weighted by Crippen LogP contribution is 2.42. The molecule has 1 aliphatic carbocycles. The number of nitrogens with two attached hydrogens (primary N) is 1. The Bertz CT molecular complexity index is 2050. The maximum absolute atomic E-state index is 14.7. The van der Waals surface area contributed by atoms with Crippen LogP contribution in [0.25, 0.3) is 0 Å². The summed E-state index contributed by atoms with van der Waals surface area (Å²) in [5.74, 6) is -1.22. The van der Waals surface area contributed by atoms with Gasteiger partial charge in [-0.2, -0.15) is 8.42 Å². The van der Waals surface area contributed by atoms with Crippen molar-refractivity contribution in [1.29, 1.82) is 0 Å². The van der Waals surface area contributed by atoms with Gasteiger partial charge in [-0.1, -0.05) is 18.1 Å². The Labute approximate surface area is 305 Å². The average molecular weight is 776 g/mol. The predicted octanol–water partition coefficient (Wildman–Crippen LogP) is 2.82. The second kappa shape index (κ2) is 16.3. The normalized spacial score (nSPS) is 18.9. The van der Waals surface area contributed by atoms with Crippen LogP contribution in [-0.4, -0.2) is 90.4 Å². The molecule has 0 aromatic heterocycles. The quantitative estimate of drug-likeness (QED) is 0.181. The van der Waals surface area contributed by atoms with Crippen molar-refractivity contribution >= 4 is 64.2 Å². The van der Waals surface area contributed by atoms with Crippen LogP contribution in [0.4, 0.5) is 21.5 Å². The number of imide groups is 1. The first-order valence-corrected chi connectivity index (χ1v) is 20.1. The zero-order chi connectivity index (χ0) is 39.4. The standard InChI is InChI=1S/C19H15FN2O4.C10H12N2O3S.C5H12NO4P/c1-2-7-21-15-9-14(13(20)8-16(15)26-10-17(21)23)22-18(24)11-5-3-4-6-12(11)19(22)25;1-7(2)12-10(13)8-5-3-4-6-9(8)11-16(12,14)15;1-11(9,10)3-2-4(6)5(7)8/h1,8-9H,3-7,10H2;3-7,11H,1-2H3;4H,2-3,6H2,1H3,(H,7,8)(H,9,10). The monoisotopic (exact) mass is 775 g/mol. The molecule has 6 rings (SSSR count). The number of carboxylic acids is 1. The predicted molar refractivity (Wildman–Crippen MR) is 192 cm³/mol. The van der Waals surface area contributed by atoms with Gasteiger partial charge in [-0.25, -0.2) is 13.6 Å². The highest BCUT2D eigenvalue weighted by molar-refractivity contribution is 7.91. The maximum Gasteiger partial charge on any atom is 0.326 e. The van der Waals surface area contributed by atoms with Crippen LogP contribution in [0.2, 0.25) is 0 Å². The molecule has 53 heavy (non-hydrogen) atoms. The van der Waals surface area contributed by atoms with E-state index in [4.69, 9.17) is 26.9 Å². The van der Waals surface area contributed by atoms with E-state index in [1.54, 1.807) is 38.1 Å². The molecule has 3 aliphatic heterocycles. The van der Waals surface area contributed by atoms with E-state index in [0.717, 1.165) is 28.1 Å². The number of anilines is 3. The van der Waals surface area contributed by atoms with E-state index in [1.165, 1.54) is 17.6 Å². The molecule has 4 aliphatic rings. The number of para-hydroxylation sites is 1. The molecular weight excluding hydrogens is 736 g/mol. The fraction of sp³-hybridized carbons (Fsp3) is 0.382. The van der Waals surface area contributed by atoms with Crippen molar-refractivity contribution in [3.63, 3.8) is 0 Å². The number of hydrogen-bond acceptors (Lipinski definition) is 10. The molecule has 3 heterocycles. The lowest BCUT2D eigenvalue weighted by atomic mass is 9.93. The van der Waals surface area contributed by atoms with Gasteiger partial charge in [-0.15, -0.1) is 6.42 Å². The number of nitrogens with zero attached hydrogens (tertiary/aromatic N) is 3. The summed E-state index contributed by atoms with van der Waals surface area (Å²) in [5.41, 5.74) is 6.80. The molecule has 284 valence electrons. The number of hydrogen-bond donors (Lipinski definition) is 4. The van der Waals surface area contributed by atoms with E-state index in [9.17, 15) is 41.3 Å². The fourth-order valence-corrected chi connectivity index (χ4v) is 7.98. The SMILES string of the molecule is C#CCN1C(=O)COc2cc(F)c(N3C(=O)C4=C(CCCC4)C3=O)cc21.CC(C)N1C(=O)c2ccccc2NS1(=O)=O.CP(=O)(O)CCC(N)C(=O)O. The number of amides is 4. The number of benzene rings is 2. The van der Waals surface area contributed by atoms with Crippen LogP contribution in [0.5, 0.6) is 5.75 Å². The zero-order valence-electron chi connectivity index (χ0n) is 29.1. The second-order valence-electron chi connectivity index (χ2n) is 12.7. The minimum absolute atomic E-state index is 0.0170. The average Bonchev–Trinajstić information content (AvgIpc) is 3.33. The number of carbonyl (C=O) groups excluding carboxylic acids is 4.